The first-order chi connectivity index (χ1) is 19.5. The fourth-order valence-electron chi connectivity index (χ4n) is 5.63. The van der Waals surface area contributed by atoms with Gasteiger partial charge in [0.2, 0.25) is 5.91 Å². The number of ketones is 1. The highest BCUT2D eigenvalue weighted by atomic mass is 32.1. The van der Waals surface area contributed by atoms with Crippen LogP contribution in [0.15, 0.2) is 77.3 Å². The molecule has 2 aliphatic rings. The van der Waals surface area contributed by atoms with E-state index in [-0.39, 0.29) is 35.5 Å². The fourth-order valence-corrected chi connectivity index (χ4v) is 6.50. The third-order valence-corrected chi connectivity index (χ3v) is 8.31. The van der Waals surface area contributed by atoms with Crippen LogP contribution >= 0.6 is 11.3 Å². The van der Waals surface area contributed by atoms with E-state index >= 15 is 0 Å². The summed E-state index contributed by atoms with van der Waals surface area (Å²) >= 11 is 1.28. The molecule has 1 aliphatic carbocycles. The Kier molecular flexibility index (Phi) is 7.52. The number of benzene rings is 2. The molecule has 1 aromatic heterocycles. The van der Waals surface area contributed by atoms with Crippen LogP contribution in [0.2, 0.25) is 0 Å². The second-order valence-electron chi connectivity index (χ2n) is 9.63. The van der Waals surface area contributed by atoms with Crippen molar-refractivity contribution < 1.29 is 37.2 Å². The number of carbonyl (C=O) groups is 3. The molecule has 212 valence electrons. The summed E-state index contributed by atoms with van der Waals surface area (Å²) < 4.78 is 47.6. The Morgan fingerprint density at radius 2 is 1.85 bits per heavy atom. The molecule has 1 aliphatic heterocycles. The molecule has 0 radical (unpaired) electrons. The number of amides is 1. The molecular weight excluding hydrogens is 561 g/mol. The minimum absolute atomic E-state index is 0.00353. The summed E-state index contributed by atoms with van der Waals surface area (Å²) in [5.74, 6) is -5.27. The lowest BCUT2D eigenvalue weighted by atomic mass is 9.69. The predicted molar refractivity (Wildman–Crippen MR) is 143 cm³/mol. The first-order valence-corrected chi connectivity index (χ1v) is 13.6. The largest absolute Gasteiger partial charge is 0.465 e. The summed E-state index contributed by atoms with van der Waals surface area (Å²) in [7, 11) is 0. The van der Waals surface area contributed by atoms with Crippen molar-refractivity contribution in [2.24, 2.45) is 5.92 Å². The minimum atomic E-state index is -4.80. The Morgan fingerprint density at radius 3 is 2.51 bits per heavy atom. The number of esters is 1. The van der Waals surface area contributed by atoms with Crippen molar-refractivity contribution in [3.05, 3.63) is 103 Å². The number of halogens is 3. The molecule has 0 spiro atoms. The van der Waals surface area contributed by atoms with E-state index in [1.807, 2.05) is 0 Å². The number of Topliss-reactive ketones (excluding diaryl/α,β-unsaturated/α-hetero) is 1. The summed E-state index contributed by atoms with van der Waals surface area (Å²) in [5, 5.41) is 13.2. The number of nitro benzene ring substituents is 1. The summed E-state index contributed by atoms with van der Waals surface area (Å²) in [6, 6.07) is 13.5. The number of nitrogens with zero attached hydrogens (tertiary/aromatic N) is 2. The van der Waals surface area contributed by atoms with Crippen molar-refractivity contribution in [2.75, 3.05) is 11.5 Å². The number of thiophene rings is 1. The van der Waals surface area contributed by atoms with Gasteiger partial charge < -0.3 is 4.74 Å². The topological polar surface area (TPSA) is 107 Å². The average Bonchev–Trinajstić information content (AvgIpc) is 3.47. The number of rotatable bonds is 6. The number of allylic oxidation sites excluding steroid dienone is 2. The van der Waals surface area contributed by atoms with Gasteiger partial charge in [0.1, 0.15) is 5.92 Å². The molecular formula is C29H23F3N2O6S. The van der Waals surface area contributed by atoms with Crippen LogP contribution in [0, 0.1) is 16.0 Å². The molecule has 12 heteroatoms. The van der Waals surface area contributed by atoms with Crippen molar-refractivity contribution in [2.45, 2.75) is 37.8 Å². The number of anilines is 1. The molecule has 0 bridgehead atoms. The molecule has 2 heterocycles. The highest BCUT2D eigenvalue weighted by molar-refractivity contribution is 7.10. The molecule has 3 aromatic rings. The Hall–Kier alpha value is -4.32. The number of ether oxygens (including phenoxy) is 1. The second-order valence-corrected chi connectivity index (χ2v) is 10.6. The average molecular weight is 585 g/mol. The number of alkyl halides is 3. The van der Waals surface area contributed by atoms with Crippen LogP contribution in [-0.2, 0) is 25.3 Å². The second kappa shape index (κ2) is 10.9. The van der Waals surface area contributed by atoms with E-state index in [2.05, 4.69) is 0 Å². The lowest BCUT2D eigenvalue weighted by Crippen LogP contribution is -2.47. The molecule has 41 heavy (non-hydrogen) atoms. The molecule has 8 nitrogen and oxygen atoms in total. The highest BCUT2D eigenvalue weighted by Crippen LogP contribution is 2.51. The molecule has 0 saturated heterocycles. The van der Waals surface area contributed by atoms with Gasteiger partial charge in [0, 0.05) is 46.5 Å². The molecule has 1 amide bonds. The maximum absolute atomic E-state index is 14.3. The van der Waals surface area contributed by atoms with Gasteiger partial charge in [0.15, 0.2) is 5.78 Å². The summed E-state index contributed by atoms with van der Waals surface area (Å²) in [6.45, 7) is 1.60. The van der Waals surface area contributed by atoms with Gasteiger partial charge in [0.05, 0.1) is 22.8 Å². The van der Waals surface area contributed by atoms with E-state index in [0.717, 1.165) is 11.0 Å². The summed E-state index contributed by atoms with van der Waals surface area (Å²) in [6.07, 6.45) is -5.33. The maximum Gasteiger partial charge on any atom is 0.418 e. The van der Waals surface area contributed by atoms with E-state index in [1.54, 1.807) is 24.4 Å². The van der Waals surface area contributed by atoms with Gasteiger partial charge in [0.25, 0.3) is 5.69 Å². The van der Waals surface area contributed by atoms with Gasteiger partial charge in [-0.1, -0.05) is 30.3 Å². The summed E-state index contributed by atoms with van der Waals surface area (Å²) in [4.78, 5) is 53.7. The number of carbonyl (C=O) groups excluding carboxylic acids is 3. The van der Waals surface area contributed by atoms with Crippen LogP contribution in [-0.4, -0.2) is 29.2 Å². The smallest absolute Gasteiger partial charge is 0.418 e. The first kappa shape index (κ1) is 28.2. The van der Waals surface area contributed by atoms with Crippen molar-refractivity contribution >= 4 is 40.4 Å². The van der Waals surface area contributed by atoms with Crippen LogP contribution in [0.5, 0.6) is 0 Å². The zero-order valence-corrected chi connectivity index (χ0v) is 22.4. The van der Waals surface area contributed by atoms with E-state index in [1.165, 1.54) is 53.8 Å². The van der Waals surface area contributed by atoms with Crippen LogP contribution < -0.4 is 4.90 Å². The van der Waals surface area contributed by atoms with Crippen molar-refractivity contribution in [3.8, 4) is 0 Å². The van der Waals surface area contributed by atoms with E-state index in [0.29, 0.717) is 4.88 Å². The Bertz CT molecular complexity index is 1570. The molecule has 0 N–H and O–H groups in total. The molecule has 0 fully saturated rings. The quantitative estimate of drug-likeness (QED) is 0.144. The maximum atomic E-state index is 14.3. The first-order valence-electron chi connectivity index (χ1n) is 12.7. The number of non-ortho nitro benzene ring substituents is 1. The Balaban J connectivity index is 1.77. The SMILES string of the molecule is CCOC(=O)[C@@H]1C(=O)C2=C(C[C@H]1c1cccs1)N(c1ccccc1C(F)(F)F)C(=O)C[C@H]2c1cccc([N+](=O)[O-])c1. The number of nitro groups is 1. The molecule has 5 rings (SSSR count). The van der Waals surface area contributed by atoms with Crippen molar-refractivity contribution in [1.82, 2.24) is 0 Å². The molecule has 0 unspecified atom stereocenters. The predicted octanol–water partition coefficient (Wildman–Crippen LogP) is 6.39. The van der Waals surface area contributed by atoms with E-state index in [9.17, 15) is 37.7 Å². The number of para-hydroxylation sites is 1. The third kappa shape index (κ3) is 5.15. The Labute approximate surface area is 236 Å². The van der Waals surface area contributed by atoms with Crippen LogP contribution in [0.4, 0.5) is 24.5 Å². The molecule has 3 atom stereocenters. The third-order valence-electron chi connectivity index (χ3n) is 7.30. The molecule has 2 aromatic carbocycles. The lowest BCUT2D eigenvalue weighted by molar-refractivity contribution is -0.384. The van der Waals surface area contributed by atoms with Gasteiger partial charge in [-0.25, -0.2) is 0 Å². The number of hydrogen-bond donors (Lipinski definition) is 0. The van der Waals surface area contributed by atoms with Gasteiger partial charge in [-0.3, -0.25) is 29.4 Å². The lowest BCUT2D eigenvalue weighted by Gasteiger charge is -2.42. The number of hydrogen-bond acceptors (Lipinski definition) is 7. The van der Waals surface area contributed by atoms with Crippen molar-refractivity contribution in [3.63, 3.8) is 0 Å². The standard InChI is InChI=1S/C29H23F3N2O6S/c1-2-40-28(37)26-19(23-11-6-12-41-23)14-22-25(27(26)36)18(16-7-5-8-17(13-16)34(38)39)15-24(35)33(22)21-10-4-3-9-20(21)29(30,31)32/h3-13,18-19,26H,2,14-15H2,1H3/t18-,19-,26-/m0/s1. The van der Waals surface area contributed by atoms with Gasteiger partial charge in [-0.05, 0) is 42.5 Å². The minimum Gasteiger partial charge on any atom is -0.465 e. The Morgan fingerprint density at radius 1 is 1.10 bits per heavy atom. The fraction of sp³-hybridized carbons (Fsp3) is 0.276. The van der Waals surface area contributed by atoms with E-state index in [4.69, 9.17) is 4.74 Å². The normalized spacial score (nSPS) is 21.1. The van der Waals surface area contributed by atoms with E-state index < -0.39 is 64.2 Å². The van der Waals surface area contributed by atoms with Gasteiger partial charge in [-0.2, -0.15) is 13.2 Å². The van der Waals surface area contributed by atoms with Crippen LogP contribution in [0.1, 0.15) is 47.6 Å². The highest BCUT2D eigenvalue weighted by Gasteiger charge is 2.51. The van der Waals surface area contributed by atoms with Crippen molar-refractivity contribution in [1.29, 1.82) is 0 Å². The molecule has 0 saturated carbocycles. The van der Waals surface area contributed by atoms with Crippen LogP contribution in [0.25, 0.3) is 0 Å². The zero-order chi connectivity index (χ0) is 29.5. The summed E-state index contributed by atoms with van der Waals surface area (Å²) in [5.41, 5.74) is -1.46. The zero-order valence-electron chi connectivity index (χ0n) is 21.6. The van der Waals surface area contributed by atoms with Crippen LogP contribution in [0.3, 0.4) is 0 Å². The monoisotopic (exact) mass is 584 g/mol. The van der Waals surface area contributed by atoms with Gasteiger partial charge in [-0.15, -0.1) is 11.3 Å². The van der Waals surface area contributed by atoms with Gasteiger partial charge >= 0.3 is 12.1 Å².